The molecule has 0 N–H and O–H groups in total. The molecule has 1 saturated heterocycles. The fourth-order valence-corrected chi connectivity index (χ4v) is 3.72. The van der Waals surface area contributed by atoms with E-state index < -0.39 is 0 Å². The van der Waals surface area contributed by atoms with Crippen molar-refractivity contribution in [2.75, 3.05) is 13.1 Å². The van der Waals surface area contributed by atoms with Gasteiger partial charge in [0.1, 0.15) is 5.69 Å². The average Bonchev–Trinajstić information content (AvgIpc) is 3.14. The number of amides is 1. The summed E-state index contributed by atoms with van der Waals surface area (Å²) in [4.78, 5) is 31.6. The van der Waals surface area contributed by atoms with Gasteiger partial charge in [-0.3, -0.25) is 9.78 Å². The van der Waals surface area contributed by atoms with Gasteiger partial charge in [-0.1, -0.05) is 13.0 Å². The molecule has 2 aromatic heterocycles. The van der Waals surface area contributed by atoms with Crippen LogP contribution in [0, 0.1) is 5.92 Å². The Hall–Kier alpha value is -2.76. The number of fused-ring (bicyclic) bond motifs is 2. The van der Waals surface area contributed by atoms with Crippen molar-refractivity contribution in [3.8, 4) is 11.1 Å². The van der Waals surface area contributed by atoms with E-state index in [0.717, 1.165) is 35.5 Å². The summed E-state index contributed by atoms with van der Waals surface area (Å²) in [5, 5.41) is 4.22. The summed E-state index contributed by atoms with van der Waals surface area (Å²) < 4.78 is 1.27. The second kappa shape index (κ2) is 4.16. The zero-order valence-corrected chi connectivity index (χ0v) is 12.6. The molecule has 3 heterocycles. The molecule has 0 saturated carbocycles. The highest BCUT2D eigenvalue weighted by molar-refractivity contribution is 6.35. The summed E-state index contributed by atoms with van der Waals surface area (Å²) in [7, 11) is 0. The third-order valence-electron chi connectivity index (χ3n) is 4.83. The molecule has 23 heavy (non-hydrogen) atoms. The molecule has 0 aromatic carbocycles. The number of nitrogens with zero attached hydrogens (tertiary/aromatic N) is 4. The molecule has 0 spiro atoms. The van der Waals surface area contributed by atoms with Crippen molar-refractivity contribution in [2.24, 2.45) is 5.92 Å². The Morgan fingerprint density at radius 1 is 1.30 bits per heavy atom. The minimum atomic E-state index is -0.214. The lowest BCUT2D eigenvalue weighted by Crippen LogP contribution is -2.51. The second-order valence-electron chi connectivity index (χ2n) is 6.44. The monoisotopic (exact) mass is 306 g/mol. The summed E-state index contributed by atoms with van der Waals surface area (Å²) in [6, 6.07) is 1.68. The zero-order chi connectivity index (χ0) is 15.7. The van der Waals surface area contributed by atoms with Crippen LogP contribution in [0.5, 0.6) is 0 Å². The van der Waals surface area contributed by atoms with E-state index in [0.29, 0.717) is 23.6 Å². The first-order chi connectivity index (χ1) is 11.1. The number of carbonyl (C=O) groups is 2. The lowest BCUT2D eigenvalue weighted by molar-refractivity contribution is 0.103. The fraction of sp³-hybridized carbons (Fsp3) is 0.294. The van der Waals surface area contributed by atoms with E-state index in [4.69, 9.17) is 0 Å². The Balaban J connectivity index is 1.68. The summed E-state index contributed by atoms with van der Waals surface area (Å²) >= 11 is 0. The van der Waals surface area contributed by atoms with Crippen LogP contribution in [0.3, 0.4) is 0 Å². The normalized spacial score (nSPS) is 18.4. The lowest BCUT2D eigenvalue weighted by Gasteiger charge is -2.36. The van der Waals surface area contributed by atoms with Crippen molar-refractivity contribution < 1.29 is 9.59 Å². The van der Waals surface area contributed by atoms with Crippen molar-refractivity contribution in [2.45, 2.75) is 13.3 Å². The van der Waals surface area contributed by atoms with Gasteiger partial charge in [-0.05, 0) is 17.5 Å². The molecule has 6 heteroatoms. The Bertz CT molecular complexity index is 919. The summed E-state index contributed by atoms with van der Waals surface area (Å²) in [6.45, 7) is 3.53. The summed E-state index contributed by atoms with van der Waals surface area (Å²) in [6.07, 6.45) is 5.94. The highest BCUT2D eigenvalue weighted by Gasteiger charge is 2.38. The molecule has 114 valence electrons. The minimum absolute atomic E-state index is 0.126. The van der Waals surface area contributed by atoms with Crippen LogP contribution in [0.2, 0.25) is 0 Å². The van der Waals surface area contributed by atoms with Gasteiger partial charge < -0.3 is 4.90 Å². The van der Waals surface area contributed by atoms with Gasteiger partial charge in [-0.15, -0.1) is 0 Å². The first kappa shape index (κ1) is 12.8. The highest BCUT2D eigenvalue weighted by atomic mass is 16.2. The van der Waals surface area contributed by atoms with E-state index in [1.54, 1.807) is 17.3 Å². The highest BCUT2D eigenvalue weighted by Crippen LogP contribution is 2.43. The lowest BCUT2D eigenvalue weighted by atomic mass is 9.87. The quantitative estimate of drug-likeness (QED) is 0.746. The Labute approximate surface area is 132 Å². The van der Waals surface area contributed by atoms with E-state index in [1.165, 1.54) is 4.68 Å². The number of allylic oxidation sites excluding steroid dienone is 2. The van der Waals surface area contributed by atoms with Crippen LogP contribution in [-0.2, 0) is 6.42 Å². The Morgan fingerprint density at radius 3 is 2.91 bits per heavy atom. The van der Waals surface area contributed by atoms with Crippen LogP contribution in [-0.4, -0.2) is 44.6 Å². The molecule has 0 atom stereocenters. The molecular weight excluding hydrogens is 292 g/mol. The van der Waals surface area contributed by atoms with Gasteiger partial charge in [0.25, 0.3) is 0 Å². The van der Waals surface area contributed by atoms with Crippen LogP contribution >= 0.6 is 0 Å². The first-order valence-corrected chi connectivity index (χ1v) is 7.76. The molecule has 0 radical (unpaired) electrons. The van der Waals surface area contributed by atoms with Gasteiger partial charge >= 0.3 is 6.03 Å². The molecule has 5 rings (SSSR count). The first-order valence-electron chi connectivity index (χ1n) is 7.76. The number of rotatable bonds is 0. The van der Waals surface area contributed by atoms with Gasteiger partial charge in [0.15, 0.2) is 0 Å². The summed E-state index contributed by atoms with van der Waals surface area (Å²) in [5.41, 5.74) is 4.55. The standard InChI is InChI=1S/C17H14N4O2/c1-9-7-20(8-9)17(23)21-15-12(6-19-21)10-4-5-18-13-3-2-11(14(10)13)16(15)22/h2,4-6,9H,3,7-8H2,1H3. The number of ketones is 1. The Morgan fingerprint density at radius 2 is 2.13 bits per heavy atom. The topological polar surface area (TPSA) is 68.1 Å². The molecule has 2 aliphatic carbocycles. The Kier molecular flexibility index (Phi) is 2.30. The fourth-order valence-electron chi connectivity index (χ4n) is 3.72. The van der Waals surface area contributed by atoms with Crippen LogP contribution < -0.4 is 0 Å². The number of Topliss-reactive ketones (excluding diaryl/α,β-unsaturated/α-hetero) is 1. The average molecular weight is 306 g/mol. The van der Waals surface area contributed by atoms with Gasteiger partial charge in [-0.25, -0.2) is 4.79 Å². The van der Waals surface area contributed by atoms with Crippen LogP contribution in [0.25, 0.3) is 16.7 Å². The van der Waals surface area contributed by atoms with E-state index in [1.807, 2.05) is 12.1 Å². The minimum Gasteiger partial charge on any atom is -0.322 e. The van der Waals surface area contributed by atoms with Crippen molar-refractivity contribution in [1.29, 1.82) is 0 Å². The maximum Gasteiger partial charge on any atom is 0.345 e. The molecule has 1 aliphatic heterocycles. The van der Waals surface area contributed by atoms with Gasteiger partial charge in [-0.2, -0.15) is 9.78 Å². The molecule has 0 bridgehead atoms. The molecule has 2 aromatic rings. The van der Waals surface area contributed by atoms with Crippen LogP contribution in [0.4, 0.5) is 4.79 Å². The predicted octanol–water partition coefficient (Wildman–Crippen LogP) is 2.00. The number of hydrogen-bond donors (Lipinski definition) is 0. The second-order valence-corrected chi connectivity index (χ2v) is 6.44. The van der Waals surface area contributed by atoms with E-state index >= 15 is 0 Å². The number of carbonyl (C=O) groups excluding carboxylic acids is 2. The van der Waals surface area contributed by atoms with E-state index in [-0.39, 0.29) is 11.8 Å². The van der Waals surface area contributed by atoms with Gasteiger partial charge in [0.05, 0.1) is 11.9 Å². The smallest absolute Gasteiger partial charge is 0.322 e. The van der Waals surface area contributed by atoms with Crippen molar-refractivity contribution in [3.05, 3.63) is 41.5 Å². The largest absolute Gasteiger partial charge is 0.345 e. The number of likely N-dealkylation sites (tertiary alicyclic amines) is 1. The molecule has 3 aliphatic rings. The van der Waals surface area contributed by atoms with Gasteiger partial charge in [0.2, 0.25) is 5.78 Å². The van der Waals surface area contributed by atoms with Crippen LogP contribution in [0.1, 0.15) is 28.7 Å². The SMILES string of the molecule is CC1CN(C(=O)n2ncc3c2C(=O)C2=CCc4nccc-3c42)C1. The molecule has 6 nitrogen and oxygen atoms in total. The molecule has 1 fully saturated rings. The maximum atomic E-state index is 12.9. The number of hydrogen-bond acceptors (Lipinski definition) is 4. The number of aromatic nitrogens is 3. The number of pyridine rings is 1. The van der Waals surface area contributed by atoms with E-state index in [9.17, 15) is 9.59 Å². The molecule has 1 amide bonds. The maximum absolute atomic E-state index is 12.9. The predicted molar refractivity (Wildman–Crippen MR) is 83.0 cm³/mol. The van der Waals surface area contributed by atoms with Gasteiger partial charge in [0, 0.05) is 42.4 Å². The molecular formula is C17H14N4O2. The van der Waals surface area contributed by atoms with Crippen LogP contribution in [0.15, 0.2) is 24.5 Å². The zero-order valence-electron chi connectivity index (χ0n) is 12.6. The third-order valence-corrected chi connectivity index (χ3v) is 4.83. The summed E-state index contributed by atoms with van der Waals surface area (Å²) in [5.74, 6) is 0.381. The third kappa shape index (κ3) is 1.52. The van der Waals surface area contributed by atoms with Crippen molar-refractivity contribution in [3.63, 3.8) is 0 Å². The van der Waals surface area contributed by atoms with E-state index in [2.05, 4.69) is 17.0 Å². The molecule has 0 unspecified atom stereocenters. The van der Waals surface area contributed by atoms with Crippen molar-refractivity contribution in [1.82, 2.24) is 19.7 Å². The van der Waals surface area contributed by atoms with Crippen molar-refractivity contribution >= 4 is 17.4 Å².